The van der Waals surface area contributed by atoms with Gasteiger partial charge in [0.2, 0.25) is 0 Å². The molecule has 0 saturated carbocycles. The number of nitrogens with one attached hydrogen (secondary N) is 1. The van der Waals surface area contributed by atoms with Crippen molar-refractivity contribution in [3.8, 4) is 0 Å². The summed E-state index contributed by atoms with van der Waals surface area (Å²) in [4.78, 5) is 0. The van der Waals surface area contributed by atoms with Gasteiger partial charge in [0.1, 0.15) is 0 Å². The van der Waals surface area contributed by atoms with Crippen LogP contribution >= 0.6 is 12.6 Å². The molecule has 0 fully saturated rings. The van der Waals surface area contributed by atoms with E-state index in [0.717, 1.165) is 19.6 Å². The third kappa shape index (κ3) is 5.20. The maximum Gasteiger partial charge on any atom is 0.0481 e. The van der Waals surface area contributed by atoms with Gasteiger partial charge in [-0.05, 0) is 33.7 Å². The van der Waals surface area contributed by atoms with E-state index < -0.39 is 0 Å². The molecule has 0 aromatic heterocycles. The molecule has 0 heterocycles. The van der Waals surface area contributed by atoms with Crippen LogP contribution in [0.5, 0.6) is 0 Å². The van der Waals surface area contributed by atoms with Crippen LogP contribution in [0.25, 0.3) is 0 Å². The van der Waals surface area contributed by atoms with E-state index in [-0.39, 0.29) is 17.4 Å². The second-order valence-corrected chi connectivity index (χ2v) is 4.68. The van der Waals surface area contributed by atoms with Gasteiger partial charge in [-0.1, -0.05) is 0 Å². The zero-order valence-electron chi connectivity index (χ0n) is 9.42. The second-order valence-electron chi connectivity index (χ2n) is 3.66. The van der Waals surface area contributed by atoms with Crippen LogP contribution in [0, 0.1) is 0 Å². The van der Waals surface area contributed by atoms with Gasteiger partial charge in [-0.25, -0.2) is 0 Å². The smallest absolute Gasteiger partial charge is 0.0481 e. The highest BCUT2D eigenvalue weighted by atomic mass is 32.1. The fraction of sp³-hybridized carbons (Fsp3) is 1.00. The fourth-order valence-electron chi connectivity index (χ4n) is 1.51. The summed E-state index contributed by atoms with van der Waals surface area (Å²) in [7, 11) is 1.92. The van der Waals surface area contributed by atoms with E-state index in [9.17, 15) is 0 Å². The predicted molar refractivity (Wildman–Crippen MR) is 63.1 cm³/mol. The van der Waals surface area contributed by atoms with Crippen LogP contribution in [0.15, 0.2) is 0 Å². The first kappa shape index (κ1) is 14.2. The lowest BCUT2D eigenvalue weighted by Crippen LogP contribution is -2.44. The fourth-order valence-corrected chi connectivity index (χ4v) is 1.87. The van der Waals surface area contributed by atoms with Crippen molar-refractivity contribution in [3.05, 3.63) is 0 Å². The van der Waals surface area contributed by atoms with Gasteiger partial charge in [-0.2, -0.15) is 12.6 Å². The molecule has 86 valence electrons. The molecule has 0 aliphatic rings. The van der Waals surface area contributed by atoms with Crippen molar-refractivity contribution >= 4 is 12.6 Å². The van der Waals surface area contributed by atoms with Crippen molar-refractivity contribution in [1.82, 2.24) is 5.32 Å². The van der Waals surface area contributed by atoms with Gasteiger partial charge in [0.15, 0.2) is 0 Å². The molecule has 3 nitrogen and oxygen atoms in total. The monoisotopic (exact) mass is 221 g/mol. The molecule has 0 aliphatic carbocycles. The van der Waals surface area contributed by atoms with Gasteiger partial charge in [-0.3, -0.25) is 0 Å². The predicted octanol–water partition coefficient (Wildman–Crippen LogP) is 1.07. The van der Waals surface area contributed by atoms with Crippen LogP contribution in [0.2, 0.25) is 0 Å². The first-order valence-corrected chi connectivity index (χ1v) is 5.61. The Hall–Kier alpha value is 0.230. The number of ether oxygens (including phenoxy) is 1. The highest BCUT2D eigenvalue weighted by Crippen LogP contribution is 2.24. The van der Waals surface area contributed by atoms with E-state index in [4.69, 9.17) is 9.84 Å². The molecular formula is C10H23NO2S. The molecule has 4 heteroatoms. The topological polar surface area (TPSA) is 41.5 Å². The number of thiol groups is 1. The molecular weight excluding hydrogens is 198 g/mol. The summed E-state index contributed by atoms with van der Waals surface area (Å²) in [5.41, 5.74) is 0. The van der Waals surface area contributed by atoms with Crippen LogP contribution < -0.4 is 5.32 Å². The third-order valence-corrected chi connectivity index (χ3v) is 3.01. The van der Waals surface area contributed by atoms with E-state index >= 15 is 0 Å². The molecule has 0 aromatic carbocycles. The molecule has 2 unspecified atom stereocenters. The third-order valence-electron chi connectivity index (χ3n) is 2.47. The number of aliphatic hydroxyl groups is 1. The Kier molecular flexibility index (Phi) is 7.64. The van der Waals surface area contributed by atoms with E-state index in [0.29, 0.717) is 6.42 Å². The van der Waals surface area contributed by atoms with Crippen molar-refractivity contribution in [2.75, 3.05) is 26.9 Å². The average molecular weight is 221 g/mol. The lowest BCUT2D eigenvalue weighted by molar-refractivity contribution is 0.130. The Bertz CT molecular complexity index is 142. The molecule has 0 saturated heterocycles. The summed E-state index contributed by atoms with van der Waals surface area (Å²) >= 11 is 4.57. The first-order valence-electron chi connectivity index (χ1n) is 5.16. The van der Waals surface area contributed by atoms with E-state index in [1.807, 2.05) is 20.9 Å². The summed E-state index contributed by atoms with van der Waals surface area (Å²) in [5.74, 6) is 0. The van der Waals surface area contributed by atoms with E-state index in [1.54, 1.807) is 0 Å². The first-order chi connectivity index (χ1) is 6.58. The highest BCUT2D eigenvalue weighted by molar-refractivity contribution is 7.81. The minimum absolute atomic E-state index is 0.173. The van der Waals surface area contributed by atoms with Gasteiger partial charge in [-0.15, -0.1) is 0 Å². The zero-order valence-corrected chi connectivity index (χ0v) is 10.3. The quantitative estimate of drug-likeness (QED) is 0.424. The van der Waals surface area contributed by atoms with Gasteiger partial charge in [0.05, 0.1) is 0 Å². The lowest BCUT2D eigenvalue weighted by Gasteiger charge is -2.32. The largest absolute Gasteiger partial charge is 0.396 e. The number of hydrogen-bond acceptors (Lipinski definition) is 4. The summed E-state index contributed by atoms with van der Waals surface area (Å²) in [6.07, 6.45) is 1.61. The Morgan fingerprint density at radius 3 is 2.64 bits per heavy atom. The number of aliphatic hydroxyl groups excluding tert-OH is 1. The van der Waals surface area contributed by atoms with Crippen LogP contribution in [0.4, 0.5) is 0 Å². The number of rotatable bonds is 8. The van der Waals surface area contributed by atoms with Gasteiger partial charge < -0.3 is 15.2 Å². The molecule has 0 radical (unpaired) electrons. The normalized spacial score (nSPS) is 17.8. The Labute approximate surface area is 92.6 Å². The standard InChI is InChI=1S/C10H23NO2S/c1-4-13-8-5-9(11-3)10(2,14)6-7-12/h9,11-12,14H,4-8H2,1-3H3. The van der Waals surface area contributed by atoms with Crippen molar-refractivity contribution in [3.63, 3.8) is 0 Å². The maximum atomic E-state index is 8.91. The Morgan fingerprint density at radius 1 is 1.57 bits per heavy atom. The minimum Gasteiger partial charge on any atom is -0.396 e. The molecule has 0 spiro atoms. The van der Waals surface area contributed by atoms with Crippen LogP contribution in [-0.4, -0.2) is 42.8 Å². The molecule has 0 rings (SSSR count). The summed E-state index contributed by atoms with van der Waals surface area (Å²) in [5, 5.41) is 12.1. The van der Waals surface area contributed by atoms with Crippen molar-refractivity contribution in [2.24, 2.45) is 0 Å². The lowest BCUT2D eigenvalue weighted by atomic mass is 9.95. The van der Waals surface area contributed by atoms with Crippen molar-refractivity contribution in [2.45, 2.75) is 37.5 Å². The van der Waals surface area contributed by atoms with Crippen LogP contribution in [0.1, 0.15) is 26.7 Å². The van der Waals surface area contributed by atoms with E-state index in [1.165, 1.54) is 0 Å². The van der Waals surface area contributed by atoms with Crippen molar-refractivity contribution < 1.29 is 9.84 Å². The Balaban J connectivity index is 3.96. The van der Waals surface area contributed by atoms with Crippen LogP contribution in [-0.2, 0) is 4.74 Å². The number of hydrogen-bond donors (Lipinski definition) is 3. The molecule has 0 amide bonds. The van der Waals surface area contributed by atoms with Gasteiger partial charge >= 0.3 is 0 Å². The average Bonchev–Trinajstić information content (AvgIpc) is 2.12. The van der Waals surface area contributed by atoms with Crippen LogP contribution in [0.3, 0.4) is 0 Å². The summed E-state index contributed by atoms with van der Waals surface area (Å²) in [6, 6.07) is 0.268. The maximum absolute atomic E-state index is 8.91. The molecule has 0 aliphatic heterocycles. The zero-order chi connectivity index (χ0) is 11.0. The van der Waals surface area contributed by atoms with Crippen molar-refractivity contribution in [1.29, 1.82) is 0 Å². The molecule has 14 heavy (non-hydrogen) atoms. The molecule has 0 aromatic rings. The van der Waals surface area contributed by atoms with E-state index in [2.05, 4.69) is 17.9 Å². The SMILES string of the molecule is CCOCCC(NC)C(C)(S)CCO. The molecule has 2 N–H and O–H groups in total. The summed E-state index contributed by atoms with van der Waals surface area (Å²) in [6.45, 7) is 5.69. The molecule has 0 bridgehead atoms. The van der Waals surface area contributed by atoms with Gasteiger partial charge in [0.25, 0.3) is 0 Å². The Morgan fingerprint density at radius 2 is 2.21 bits per heavy atom. The highest BCUT2D eigenvalue weighted by Gasteiger charge is 2.28. The minimum atomic E-state index is -0.180. The molecule has 2 atom stereocenters. The van der Waals surface area contributed by atoms with Gasteiger partial charge in [0, 0.05) is 30.6 Å². The summed E-state index contributed by atoms with van der Waals surface area (Å²) < 4.78 is 5.12. The second kappa shape index (κ2) is 7.51.